The molecule has 4 nitrogen and oxygen atoms in total. The van der Waals surface area contributed by atoms with Gasteiger partial charge in [0.05, 0.1) is 26.1 Å². The Balaban J connectivity index is 3.35. The average Bonchev–Trinajstić information content (AvgIpc) is 2.67. The van der Waals surface area contributed by atoms with E-state index in [0.717, 1.165) is 38.5 Å². The molecule has 0 fully saturated rings. The normalized spacial score (nSPS) is 10.1. The topological polar surface area (TPSA) is 52.6 Å². The van der Waals surface area contributed by atoms with Gasteiger partial charge in [-0.15, -0.1) is 11.8 Å². The zero-order chi connectivity index (χ0) is 20.0. The summed E-state index contributed by atoms with van der Waals surface area (Å²) in [6.45, 7) is 5.16. The lowest BCUT2D eigenvalue weighted by Crippen LogP contribution is -2.11. The van der Waals surface area contributed by atoms with E-state index in [4.69, 9.17) is 9.47 Å². The van der Waals surface area contributed by atoms with Crippen LogP contribution in [0.2, 0.25) is 0 Å². The van der Waals surface area contributed by atoms with E-state index in [0.29, 0.717) is 13.2 Å². The molecule has 0 aromatic heterocycles. The number of ether oxygens (including phenoxy) is 2. The highest BCUT2D eigenvalue weighted by Crippen LogP contribution is 2.08. The van der Waals surface area contributed by atoms with Gasteiger partial charge >= 0.3 is 11.9 Å². The smallest absolute Gasteiger partial charge is 0.306 e. The fourth-order valence-corrected chi connectivity index (χ4v) is 2.66. The van der Waals surface area contributed by atoms with E-state index >= 15 is 0 Å². The van der Waals surface area contributed by atoms with Gasteiger partial charge in [-0.25, -0.2) is 0 Å². The van der Waals surface area contributed by atoms with Gasteiger partial charge in [-0.1, -0.05) is 65.2 Å². The lowest BCUT2D eigenvalue weighted by molar-refractivity contribution is -0.150. The van der Waals surface area contributed by atoms with Crippen molar-refractivity contribution >= 4 is 11.9 Å². The van der Waals surface area contributed by atoms with Crippen LogP contribution >= 0.6 is 0 Å². The van der Waals surface area contributed by atoms with Crippen molar-refractivity contribution in [1.29, 1.82) is 0 Å². The van der Waals surface area contributed by atoms with Crippen molar-refractivity contribution in [3.63, 3.8) is 0 Å². The molecule has 0 aromatic carbocycles. The Bertz CT molecular complexity index is 420. The molecule has 0 aliphatic rings. The fraction of sp³-hybridized carbons (Fsp3) is 0.826. The first-order valence-corrected chi connectivity index (χ1v) is 11.0. The highest BCUT2D eigenvalue weighted by molar-refractivity contribution is 5.77. The number of carbonyl (C=O) groups is 2. The van der Waals surface area contributed by atoms with Crippen molar-refractivity contribution in [2.75, 3.05) is 13.2 Å². The van der Waals surface area contributed by atoms with Crippen LogP contribution in [0.4, 0.5) is 0 Å². The van der Waals surface area contributed by atoms with Crippen molar-refractivity contribution in [3.05, 3.63) is 0 Å². The molecule has 0 atom stereocenters. The molecule has 0 bridgehead atoms. The molecule has 27 heavy (non-hydrogen) atoms. The predicted octanol–water partition coefficient (Wildman–Crippen LogP) is 5.97. The van der Waals surface area contributed by atoms with Crippen LogP contribution in [0.1, 0.15) is 110 Å². The molecule has 0 unspecified atom stereocenters. The van der Waals surface area contributed by atoms with Gasteiger partial charge in [0.1, 0.15) is 0 Å². The second kappa shape index (κ2) is 20.8. The molecule has 4 heteroatoms. The molecule has 0 rings (SSSR count). The first-order chi connectivity index (χ1) is 13.2. The summed E-state index contributed by atoms with van der Waals surface area (Å²) in [6.07, 6.45) is 14.6. The molecule has 0 amide bonds. The van der Waals surface area contributed by atoms with E-state index < -0.39 is 0 Å². The lowest BCUT2D eigenvalue weighted by Gasteiger charge is -2.06. The molecule has 0 heterocycles. The number of esters is 2. The van der Waals surface area contributed by atoms with Gasteiger partial charge in [0.25, 0.3) is 0 Å². The molecule has 0 N–H and O–H groups in total. The minimum Gasteiger partial charge on any atom is -0.466 e. The first-order valence-electron chi connectivity index (χ1n) is 11.0. The summed E-state index contributed by atoms with van der Waals surface area (Å²) in [7, 11) is 0. The Kier molecular flexibility index (Phi) is 19.7. The van der Waals surface area contributed by atoms with Crippen LogP contribution in [0.5, 0.6) is 0 Å². The van der Waals surface area contributed by atoms with E-state index in [1.165, 1.54) is 44.9 Å². The van der Waals surface area contributed by atoms with Crippen molar-refractivity contribution in [1.82, 2.24) is 0 Å². The maximum atomic E-state index is 11.6. The van der Waals surface area contributed by atoms with Crippen molar-refractivity contribution < 1.29 is 19.1 Å². The monoisotopic (exact) mass is 380 g/mol. The number of rotatable bonds is 17. The maximum Gasteiger partial charge on any atom is 0.306 e. The first kappa shape index (κ1) is 25.5. The largest absolute Gasteiger partial charge is 0.466 e. The number of hydrogen-bond donors (Lipinski definition) is 0. The van der Waals surface area contributed by atoms with Crippen LogP contribution in [0.15, 0.2) is 0 Å². The Morgan fingerprint density at radius 3 is 1.63 bits per heavy atom. The molecule has 0 aromatic rings. The Hall–Kier alpha value is -1.50. The SMILES string of the molecule is CCC#CCCCCCCCCOC(=O)CCC(=O)OCCCCCCC. The van der Waals surface area contributed by atoms with E-state index in [2.05, 4.69) is 25.7 Å². The second-order valence-corrected chi connectivity index (χ2v) is 6.93. The molecular formula is C23H40O4. The standard InChI is InChI=1S/C23H40O4/c1-3-5-7-9-10-11-12-13-15-17-21-27-23(25)19-18-22(24)26-20-16-14-8-6-4-2/h3-4,6,8-21H2,1-2H3. The molecule has 0 radical (unpaired) electrons. The van der Waals surface area contributed by atoms with Gasteiger partial charge in [0.2, 0.25) is 0 Å². The quantitative estimate of drug-likeness (QED) is 0.177. The van der Waals surface area contributed by atoms with Gasteiger partial charge in [-0.05, 0) is 19.3 Å². The van der Waals surface area contributed by atoms with E-state index in [1.54, 1.807) is 0 Å². The summed E-state index contributed by atoms with van der Waals surface area (Å²) in [4.78, 5) is 23.2. The number of hydrogen-bond acceptors (Lipinski definition) is 4. The summed E-state index contributed by atoms with van der Waals surface area (Å²) < 4.78 is 10.3. The molecule has 0 saturated carbocycles. The number of unbranched alkanes of at least 4 members (excludes halogenated alkanes) is 10. The minimum atomic E-state index is -0.301. The van der Waals surface area contributed by atoms with Gasteiger partial charge in [-0.3, -0.25) is 9.59 Å². The lowest BCUT2D eigenvalue weighted by atomic mass is 10.1. The summed E-state index contributed by atoms with van der Waals surface area (Å²) in [5.74, 6) is 5.64. The fourth-order valence-electron chi connectivity index (χ4n) is 2.66. The maximum absolute atomic E-state index is 11.6. The molecule has 156 valence electrons. The van der Waals surface area contributed by atoms with Crippen molar-refractivity contribution in [2.45, 2.75) is 110 Å². The van der Waals surface area contributed by atoms with Crippen molar-refractivity contribution in [3.8, 4) is 11.8 Å². The van der Waals surface area contributed by atoms with Crippen LogP contribution in [-0.4, -0.2) is 25.2 Å². The summed E-state index contributed by atoms with van der Waals surface area (Å²) >= 11 is 0. The van der Waals surface area contributed by atoms with Crippen LogP contribution < -0.4 is 0 Å². The Morgan fingerprint density at radius 1 is 0.630 bits per heavy atom. The summed E-state index contributed by atoms with van der Waals surface area (Å²) in [6, 6.07) is 0. The van der Waals surface area contributed by atoms with Crippen LogP contribution in [-0.2, 0) is 19.1 Å². The van der Waals surface area contributed by atoms with Crippen LogP contribution in [0.3, 0.4) is 0 Å². The summed E-state index contributed by atoms with van der Waals surface area (Å²) in [5, 5.41) is 0. The molecule has 0 saturated heterocycles. The minimum absolute atomic E-state index is 0.119. The highest BCUT2D eigenvalue weighted by Gasteiger charge is 2.08. The Morgan fingerprint density at radius 2 is 1.11 bits per heavy atom. The predicted molar refractivity (Wildman–Crippen MR) is 110 cm³/mol. The van der Waals surface area contributed by atoms with Gasteiger partial charge < -0.3 is 9.47 Å². The van der Waals surface area contributed by atoms with E-state index in [-0.39, 0.29) is 24.8 Å². The highest BCUT2D eigenvalue weighted by atomic mass is 16.5. The van der Waals surface area contributed by atoms with E-state index in [9.17, 15) is 9.59 Å². The molecular weight excluding hydrogens is 340 g/mol. The summed E-state index contributed by atoms with van der Waals surface area (Å²) in [5.41, 5.74) is 0. The van der Waals surface area contributed by atoms with Crippen molar-refractivity contribution in [2.24, 2.45) is 0 Å². The third-order valence-electron chi connectivity index (χ3n) is 4.31. The third kappa shape index (κ3) is 20.7. The zero-order valence-corrected chi connectivity index (χ0v) is 17.7. The molecule has 0 aliphatic heterocycles. The van der Waals surface area contributed by atoms with Gasteiger partial charge in [0, 0.05) is 12.8 Å². The average molecular weight is 381 g/mol. The third-order valence-corrected chi connectivity index (χ3v) is 4.31. The number of carbonyl (C=O) groups excluding carboxylic acids is 2. The molecule has 0 spiro atoms. The van der Waals surface area contributed by atoms with E-state index in [1.807, 2.05) is 0 Å². The van der Waals surface area contributed by atoms with Gasteiger partial charge in [0.15, 0.2) is 0 Å². The van der Waals surface area contributed by atoms with Crippen LogP contribution in [0.25, 0.3) is 0 Å². The zero-order valence-electron chi connectivity index (χ0n) is 17.7. The Labute approximate surface area is 166 Å². The second-order valence-electron chi connectivity index (χ2n) is 6.93. The van der Waals surface area contributed by atoms with Gasteiger partial charge in [-0.2, -0.15) is 0 Å². The van der Waals surface area contributed by atoms with Crippen LogP contribution in [0, 0.1) is 11.8 Å². The molecule has 0 aliphatic carbocycles.